The molecule has 0 heterocycles. The van der Waals surface area contributed by atoms with Crippen molar-refractivity contribution in [1.29, 1.82) is 0 Å². The zero-order valence-electron chi connectivity index (χ0n) is 17.0. The molecule has 2 aromatic carbocycles. The lowest BCUT2D eigenvalue weighted by Crippen LogP contribution is -2.27. The molecule has 5 heteroatoms. The molecule has 0 saturated carbocycles. The largest absolute Gasteiger partial charge is 0.464 e. The zero-order valence-corrected chi connectivity index (χ0v) is 17.0. The molecule has 0 spiro atoms. The molecule has 0 bridgehead atoms. The first-order valence-electron chi connectivity index (χ1n) is 9.11. The van der Waals surface area contributed by atoms with Gasteiger partial charge in [0.1, 0.15) is 11.5 Å². The fourth-order valence-corrected chi connectivity index (χ4v) is 2.50. The van der Waals surface area contributed by atoms with Crippen LogP contribution in [0.15, 0.2) is 64.8 Å². The first-order chi connectivity index (χ1) is 13.2. The molecular formula is C23H26N2O3. The second-order valence-electron chi connectivity index (χ2n) is 7.52. The number of ketones is 1. The van der Waals surface area contributed by atoms with E-state index in [0.717, 1.165) is 16.7 Å². The molecule has 0 aliphatic carbocycles. The van der Waals surface area contributed by atoms with Gasteiger partial charge in [-0.15, -0.1) is 10.2 Å². The maximum Gasteiger partial charge on any atom is 0.354 e. The summed E-state index contributed by atoms with van der Waals surface area (Å²) in [6.45, 7) is 7.39. The highest BCUT2D eigenvalue weighted by Gasteiger charge is 2.26. The number of esters is 1. The molecule has 0 saturated heterocycles. The van der Waals surface area contributed by atoms with Crippen molar-refractivity contribution < 1.29 is 14.3 Å². The Bertz CT molecular complexity index is 907. The van der Waals surface area contributed by atoms with Gasteiger partial charge in [-0.3, -0.25) is 4.79 Å². The summed E-state index contributed by atoms with van der Waals surface area (Å²) >= 11 is 0. The fourth-order valence-electron chi connectivity index (χ4n) is 2.50. The third kappa shape index (κ3) is 5.46. The van der Waals surface area contributed by atoms with Crippen LogP contribution >= 0.6 is 0 Å². The number of aryl methyl sites for hydroxylation is 1. The minimum atomic E-state index is -0.654. The van der Waals surface area contributed by atoms with Gasteiger partial charge in [0.15, 0.2) is 5.71 Å². The van der Waals surface area contributed by atoms with Gasteiger partial charge in [-0.25, -0.2) is 4.79 Å². The standard InChI is InChI=1S/C23H26N2O3/c1-16-11-9-10-14-18(16)21(17-12-7-6-8-13-17)25-24-19(22(27)28-5)15-20(26)23(2,3)4/h6-14H,15H2,1-5H3. The quantitative estimate of drug-likeness (QED) is 0.426. The number of carbonyl (C=O) groups is 2. The van der Waals surface area contributed by atoms with E-state index >= 15 is 0 Å². The van der Waals surface area contributed by atoms with E-state index in [2.05, 4.69) is 10.2 Å². The number of benzene rings is 2. The smallest absolute Gasteiger partial charge is 0.354 e. The Morgan fingerprint density at radius 2 is 1.54 bits per heavy atom. The summed E-state index contributed by atoms with van der Waals surface area (Å²) in [4.78, 5) is 24.5. The first-order valence-corrected chi connectivity index (χ1v) is 9.11. The Kier molecular flexibility index (Phi) is 6.99. The van der Waals surface area contributed by atoms with E-state index in [9.17, 15) is 9.59 Å². The van der Waals surface area contributed by atoms with Gasteiger partial charge in [-0.2, -0.15) is 0 Å². The summed E-state index contributed by atoms with van der Waals surface area (Å²) in [5, 5.41) is 8.53. The normalized spacial score (nSPS) is 12.6. The van der Waals surface area contributed by atoms with Crippen molar-refractivity contribution in [3.8, 4) is 0 Å². The van der Waals surface area contributed by atoms with Crippen molar-refractivity contribution in [2.75, 3.05) is 7.11 Å². The highest BCUT2D eigenvalue weighted by molar-refractivity contribution is 6.40. The predicted octanol–water partition coefficient (Wildman–Crippen LogP) is 4.37. The fraction of sp³-hybridized carbons (Fsp3) is 0.304. The average molecular weight is 378 g/mol. The third-order valence-electron chi connectivity index (χ3n) is 4.30. The van der Waals surface area contributed by atoms with Crippen molar-refractivity contribution in [1.82, 2.24) is 0 Å². The molecular weight excluding hydrogens is 352 g/mol. The molecule has 5 nitrogen and oxygen atoms in total. The second-order valence-corrected chi connectivity index (χ2v) is 7.52. The number of methoxy groups -OCH3 is 1. The van der Waals surface area contributed by atoms with E-state index in [1.165, 1.54) is 7.11 Å². The molecule has 0 radical (unpaired) electrons. The molecule has 28 heavy (non-hydrogen) atoms. The Labute approximate surface area is 166 Å². The van der Waals surface area contributed by atoms with E-state index in [1.807, 2.05) is 61.5 Å². The van der Waals surface area contributed by atoms with Crippen LogP contribution in [0.2, 0.25) is 0 Å². The summed E-state index contributed by atoms with van der Waals surface area (Å²) in [6, 6.07) is 17.4. The van der Waals surface area contributed by atoms with Gasteiger partial charge >= 0.3 is 5.97 Å². The SMILES string of the molecule is COC(=O)C(CC(=O)C(C)(C)C)=NN=C(c1ccccc1)c1ccccc1C. The average Bonchev–Trinajstić information content (AvgIpc) is 2.67. The van der Waals surface area contributed by atoms with E-state index in [1.54, 1.807) is 20.8 Å². The van der Waals surface area contributed by atoms with Crippen molar-refractivity contribution in [2.45, 2.75) is 34.1 Å². The number of Topliss-reactive ketones (excluding diaryl/α,β-unsaturated/α-hetero) is 1. The Morgan fingerprint density at radius 1 is 0.929 bits per heavy atom. The van der Waals surface area contributed by atoms with Crippen LogP contribution in [-0.4, -0.2) is 30.3 Å². The van der Waals surface area contributed by atoms with Crippen LogP contribution in [0, 0.1) is 12.3 Å². The molecule has 0 fully saturated rings. The summed E-state index contributed by atoms with van der Waals surface area (Å²) in [5.74, 6) is -0.762. The molecule has 0 atom stereocenters. The van der Waals surface area contributed by atoms with Crippen molar-refractivity contribution in [3.63, 3.8) is 0 Å². The van der Waals surface area contributed by atoms with Gasteiger partial charge in [-0.05, 0) is 12.5 Å². The highest BCUT2D eigenvalue weighted by atomic mass is 16.5. The van der Waals surface area contributed by atoms with Gasteiger partial charge < -0.3 is 4.74 Å². The van der Waals surface area contributed by atoms with Crippen molar-refractivity contribution >= 4 is 23.2 Å². The molecule has 0 aliphatic rings. The molecule has 2 rings (SSSR count). The molecule has 0 N–H and O–H groups in total. The first kappa shape index (κ1) is 21.2. The van der Waals surface area contributed by atoms with E-state index in [4.69, 9.17) is 4.74 Å². The summed E-state index contributed by atoms with van der Waals surface area (Å²) in [5.41, 5.74) is 2.84. The van der Waals surface area contributed by atoms with Crippen molar-refractivity contribution in [3.05, 3.63) is 71.3 Å². The van der Waals surface area contributed by atoms with Crippen LogP contribution in [-0.2, 0) is 14.3 Å². The zero-order chi connectivity index (χ0) is 20.7. The molecule has 0 aromatic heterocycles. The summed E-state index contributed by atoms with van der Waals surface area (Å²) in [6.07, 6.45) is -0.129. The minimum Gasteiger partial charge on any atom is -0.464 e. The lowest BCUT2D eigenvalue weighted by molar-refractivity contribution is -0.134. The van der Waals surface area contributed by atoms with E-state index < -0.39 is 11.4 Å². The van der Waals surface area contributed by atoms with Crippen LogP contribution < -0.4 is 0 Å². The molecule has 0 aliphatic heterocycles. The van der Waals surface area contributed by atoms with Gasteiger partial charge in [0.25, 0.3) is 0 Å². The van der Waals surface area contributed by atoms with Crippen LogP contribution in [0.1, 0.15) is 43.9 Å². The van der Waals surface area contributed by atoms with Crippen LogP contribution in [0.3, 0.4) is 0 Å². The Morgan fingerprint density at radius 3 is 2.11 bits per heavy atom. The molecule has 0 amide bonds. The second kappa shape index (κ2) is 9.22. The highest BCUT2D eigenvalue weighted by Crippen LogP contribution is 2.18. The van der Waals surface area contributed by atoms with Crippen molar-refractivity contribution in [2.24, 2.45) is 15.6 Å². The maximum absolute atomic E-state index is 12.4. The van der Waals surface area contributed by atoms with Gasteiger partial charge in [0, 0.05) is 16.5 Å². The number of hydrogen-bond acceptors (Lipinski definition) is 5. The minimum absolute atomic E-state index is 0.00978. The number of rotatable bonds is 6. The number of hydrogen-bond donors (Lipinski definition) is 0. The third-order valence-corrected chi connectivity index (χ3v) is 4.30. The molecule has 2 aromatic rings. The van der Waals surface area contributed by atoms with Gasteiger partial charge in [0.05, 0.1) is 13.5 Å². The van der Waals surface area contributed by atoms with Crippen LogP contribution in [0.5, 0.6) is 0 Å². The maximum atomic E-state index is 12.4. The monoisotopic (exact) mass is 378 g/mol. The Balaban J connectivity index is 2.55. The molecule has 0 unspecified atom stereocenters. The summed E-state index contributed by atoms with van der Waals surface area (Å²) in [7, 11) is 1.27. The van der Waals surface area contributed by atoms with E-state index in [0.29, 0.717) is 5.71 Å². The van der Waals surface area contributed by atoms with Gasteiger partial charge in [-0.1, -0.05) is 75.4 Å². The van der Waals surface area contributed by atoms with Crippen LogP contribution in [0.25, 0.3) is 0 Å². The van der Waals surface area contributed by atoms with E-state index in [-0.39, 0.29) is 17.9 Å². The van der Waals surface area contributed by atoms with Crippen LogP contribution in [0.4, 0.5) is 0 Å². The lowest BCUT2D eigenvalue weighted by atomic mass is 9.88. The topological polar surface area (TPSA) is 68.1 Å². The lowest BCUT2D eigenvalue weighted by Gasteiger charge is -2.16. The Hall–Kier alpha value is -3.08. The summed E-state index contributed by atoms with van der Waals surface area (Å²) < 4.78 is 4.80. The number of nitrogens with zero attached hydrogens (tertiary/aromatic N) is 2. The molecule has 146 valence electrons. The van der Waals surface area contributed by atoms with Gasteiger partial charge in [0.2, 0.25) is 0 Å². The number of carbonyl (C=O) groups excluding carboxylic acids is 2. The number of ether oxygens (including phenoxy) is 1. The predicted molar refractivity (Wildman–Crippen MR) is 112 cm³/mol.